The molecular weight excluding hydrogens is 288 g/mol. The molecule has 0 aliphatic carbocycles. The Bertz CT molecular complexity index is 8.00. The van der Waals surface area contributed by atoms with Crippen LogP contribution < -0.4 is 0 Å². The van der Waals surface area contributed by atoms with Gasteiger partial charge in [0.2, 0.25) is 0 Å². The first-order valence-electron chi connectivity index (χ1n) is 0.204. The fraction of sp³-hybridized carbons (Fsp3) is 0. The summed E-state index contributed by atoms with van der Waals surface area (Å²) in [6.45, 7) is 0. The Morgan fingerprint density at radius 2 is 1.25 bits per heavy atom. The molecule has 0 aromatic rings. The van der Waals surface area contributed by atoms with Crippen LogP contribution in [-0.2, 0) is 17.1 Å². The van der Waals surface area contributed by atoms with E-state index in [-0.39, 0.29) is 34.4 Å². The van der Waals surface area contributed by atoms with Crippen LogP contribution in [0.15, 0.2) is 0 Å². The van der Waals surface area contributed by atoms with Crippen LogP contribution in [0.2, 0.25) is 0 Å². The van der Waals surface area contributed by atoms with Gasteiger partial charge in [0.15, 0.2) is 17.4 Å². The third-order valence-corrected chi connectivity index (χ3v) is 0. The van der Waals surface area contributed by atoms with Crippen molar-refractivity contribution in [3.05, 3.63) is 0 Å². The van der Waals surface area contributed by atoms with E-state index in [1.54, 1.807) is 0 Å². The fourth-order valence-electron chi connectivity index (χ4n) is 0. The number of hydrogen-bond donors (Lipinski definition) is 0. The predicted octanol–water partition coefficient (Wildman–Crippen LogP) is -1.95. The first-order chi connectivity index (χ1) is 1.00. The van der Waals surface area contributed by atoms with E-state index < -0.39 is 0 Å². The molecule has 0 unspecified atom stereocenters. The molecule has 0 bridgehead atoms. The standard InChI is InChI=1S/Al.Cu.Se.Sn.3H. The molecule has 4 heavy (non-hydrogen) atoms. The van der Waals surface area contributed by atoms with Crippen LogP contribution in [-0.4, -0.2) is 49.3 Å². The maximum absolute atomic E-state index is 2.72. The molecule has 0 aliphatic rings. The van der Waals surface area contributed by atoms with Crippen LogP contribution in [0.3, 0.4) is 0 Å². The van der Waals surface area contributed by atoms with Gasteiger partial charge in [-0.1, -0.05) is 0 Å². The van der Waals surface area contributed by atoms with Gasteiger partial charge in [-0.3, -0.25) is 0 Å². The molecule has 0 aromatic heterocycles. The van der Waals surface area contributed by atoms with Crippen LogP contribution in [0.1, 0.15) is 0 Å². The van der Waals surface area contributed by atoms with E-state index >= 15 is 0 Å². The van der Waals surface area contributed by atoms with Crippen molar-refractivity contribution in [1.29, 1.82) is 0 Å². The number of hydrogen-bond acceptors (Lipinski definition) is 0. The first kappa shape index (κ1) is 16.2. The quantitative estimate of drug-likeness (QED) is 0.455. The molecule has 4 heteroatoms. The van der Waals surface area contributed by atoms with Crippen molar-refractivity contribution < 1.29 is 17.1 Å². The van der Waals surface area contributed by atoms with E-state index in [1.165, 1.54) is 19.7 Å². The Morgan fingerprint density at radius 1 is 1.25 bits per heavy atom. The van der Waals surface area contributed by atoms with E-state index in [1.807, 2.05) is 0 Å². The zero-order valence-electron chi connectivity index (χ0n) is 1.21. The molecular formula is H3AlCuSeSn. The van der Waals surface area contributed by atoms with Crippen molar-refractivity contribution in [2.24, 2.45) is 0 Å². The molecule has 0 atom stereocenters. The maximum atomic E-state index is 2.72. The van der Waals surface area contributed by atoms with Gasteiger partial charge in [-0.2, -0.15) is 0 Å². The van der Waals surface area contributed by atoms with E-state index in [2.05, 4.69) is 12.2 Å². The number of rotatable bonds is 0. The average Bonchev–Trinajstić information content (AvgIpc) is 1.00. The van der Waals surface area contributed by atoms with Crippen molar-refractivity contribution in [1.82, 2.24) is 0 Å². The van der Waals surface area contributed by atoms with E-state index in [0.29, 0.717) is 0 Å². The fourth-order valence-corrected chi connectivity index (χ4v) is 0. The second-order valence-electron chi connectivity index (χ2n) is 0. The summed E-state index contributed by atoms with van der Waals surface area (Å²) in [6.07, 6.45) is 0. The Balaban J connectivity index is -0.00000000500. The summed E-state index contributed by atoms with van der Waals surface area (Å²) in [5, 5.41) is 0. The van der Waals surface area contributed by atoms with Gasteiger partial charge in [-0.15, -0.1) is 0 Å². The summed E-state index contributed by atoms with van der Waals surface area (Å²) in [7, 11) is 0. The second-order valence-corrected chi connectivity index (χ2v) is 0. The summed E-state index contributed by atoms with van der Waals surface area (Å²) < 4.78 is 0. The summed E-state index contributed by atoms with van der Waals surface area (Å²) in [4.78, 5) is 0. The average molecular weight is 291 g/mol. The third kappa shape index (κ3) is 8.84. The topological polar surface area (TPSA) is 0 Å². The van der Waals surface area contributed by atoms with Gasteiger partial charge in [-0.05, 0) is 0 Å². The Kier molecular flexibility index (Phi) is 73.8. The predicted molar refractivity (Wildman–Crippen MR) is 21.4 cm³/mol. The Morgan fingerprint density at radius 3 is 1.25 bits per heavy atom. The van der Waals surface area contributed by atoms with Crippen LogP contribution in [0.5, 0.6) is 0 Å². The molecule has 0 amide bonds. The normalized spacial score (nSPS) is 1.00. The van der Waals surface area contributed by atoms with Crippen LogP contribution in [0.25, 0.3) is 0 Å². The summed E-state index contributed by atoms with van der Waals surface area (Å²) in [5.74, 6) is 0. The minimum atomic E-state index is 0. The molecule has 0 rings (SSSR count). The second kappa shape index (κ2) is 18.3. The van der Waals surface area contributed by atoms with Gasteiger partial charge in [0.25, 0.3) is 0 Å². The van der Waals surface area contributed by atoms with E-state index in [0.717, 1.165) is 0 Å². The molecule has 0 heterocycles. The molecule has 0 aliphatic heterocycles. The molecule has 0 nitrogen and oxygen atoms in total. The van der Waals surface area contributed by atoms with E-state index in [9.17, 15) is 0 Å². The monoisotopic (exact) mass is 293 g/mol. The molecule has 0 N–H and O–H groups in total. The van der Waals surface area contributed by atoms with Crippen molar-refractivity contribution in [2.75, 3.05) is 0 Å². The van der Waals surface area contributed by atoms with Gasteiger partial charge in [-0.25, -0.2) is 0 Å². The zero-order chi connectivity index (χ0) is 2.00. The molecule has 27 valence electrons. The zero-order valence-corrected chi connectivity index (χ0v) is 6.72. The van der Waals surface area contributed by atoms with Gasteiger partial charge < -0.3 is 0 Å². The molecule has 0 saturated heterocycles. The molecule has 0 fully saturated rings. The van der Waals surface area contributed by atoms with Crippen molar-refractivity contribution in [3.63, 3.8) is 0 Å². The summed E-state index contributed by atoms with van der Waals surface area (Å²) in [6, 6.07) is 0. The van der Waals surface area contributed by atoms with Crippen LogP contribution >= 0.6 is 0 Å². The molecule has 0 aromatic carbocycles. The molecule has 3 radical (unpaired) electrons. The van der Waals surface area contributed by atoms with Gasteiger partial charge in [0.1, 0.15) is 0 Å². The van der Waals surface area contributed by atoms with Crippen LogP contribution in [0, 0.1) is 0 Å². The summed E-state index contributed by atoms with van der Waals surface area (Å²) in [5.41, 5.74) is 0. The van der Waals surface area contributed by atoms with Gasteiger partial charge in [0, 0.05) is 17.1 Å². The summed E-state index contributed by atoms with van der Waals surface area (Å²) >= 11 is 4.14. The van der Waals surface area contributed by atoms with Crippen LogP contribution in [0.4, 0.5) is 0 Å². The molecule has 0 spiro atoms. The Labute approximate surface area is 65.4 Å². The van der Waals surface area contributed by atoms with Gasteiger partial charge >= 0.3 is 31.9 Å². The van der Waals surface area contributed by atoms with Crippen molar-refractivity contribution in [2.45, 2.75) is 0 Å². The van der Waals surface area contributed by atoms with Crippen molar-refractivity contribution >= 4 is 49.3 Å². The SMILES string of the molecule is [AlH3].[Cu].[Se]=[Sn]. The van der Waals surface area contributed by atoms with Crippen molar-refractivity contribution in [3.8, 4) is 0 Å². The molecule has 0 saturated carbocycles. The van der Waals surface area contributed by atoms with E-state index in [4.69, 9.17) is 0 Å². The minimum absolute atomic E-state index is 0. The van der Waals surface area contributed by atoms with Gasteiger partial charge in [0.05, 0.1) is 0 Å². The third-order valence-electron chi connectivity index (χ3n) is 0. The first-order valence-corrected chi connectivity index (χ1v) is 7.12. The Hall–Kier alpha value is 2.37.